The van der Waals surface area contributed by atoms with Crippen molar-refractivity contribution in [1.82, 2.24) is 0 Å². The summed E-state index contributed by atoms with van der Waals surface area (Å²) in [5.74, 6) is 0.890. The molecule has 0 aliphatic heterocycles. The SMILES string of the molecule is [C-]#CC(=O)OC(C)(C)C.[Li+]. The maximum atomic E-state index is 10.3. The van der Waals surface area contributed by atoms with Crippen LogP contribution >= 0.6 is 0 Å². The number of esters is 1. The fourth-order valence-electron chi connectivity index (χ4n) is 0.304. The second-order valence-electron chi connectivity index (χ2n) is 2.63. The van der Waals surface area contributed by atoms with Crippen LogP contribution in [-0.2, 0) is 9.53 Å². The van der Waals surface area contributed by atoms with Crippen LogP contribution in [0.4, 0.5) is 0 Å². The summed E-state index contributed by atoms with van der Waals surface area (Å²) in [6.07, 6.45) is 6.36. The molecule has 0 spiro atoms. The zero-order chi connectivity index (χ0) is 7.49. The molecular formula is C7H9LiO2. The van der Waals surface area contributed by atoms with Crippen LogP contribution in [0.3, 0.4) is 0 Å². The van der Waals surface area contributed by atoms with Gasteiger partial charge in [0.15, 0.2) is 0 Å². The van der Waals surface area contributed by atoms with Crippen LogP contribution in [0.25, 0.3) is 0 Å². The van der Waals surface area contributed by atoms with Crippen LogP contribution in [0.15, 0.2) is 0 Å². The van der Waals surface area contributed by atoms with Gasteiger partial charge >= 0.3 is 18.9 Å². The molecule has 0 fully saturated rings. The summed E-state index contributed by atoms with van der Waals surface area (Å²) in [4.78, 5) is 10.3. The number of rotatable bonds is 0. The molecule has 0 rings (SSSR count). The van der Waals surface area contributed by atoms with E-state index in [9.17, 15) is 4.79 Å². The molecule has 0 aromatic rings. The van der Waals surface area contributed by atoms with Crippen LogP contribution in [0.2, 0.25) is 0 Å². The first-order chi connectivity index (χ1) is 3.95. The van der Waals surface area contributed by atoms with Gasteiger partial charge in [-0.05, 0) is 20.8 Å². The van der Waals surface area contributed by atoms with E-state index in [0.717, 1.165) is 0 Å². The Morgan fingerprint density at radius 3 is 2.00 bits per heavy atom. The van der Waals surface area contributed by atoms with E-state index in [-0.39, 0.29) is 18.9 Å². The summed E-state index contributed by atoms with van der Waals surface area (Å²) in [5, 5.41) is 0. The van der Waals surface area contributed by atoms with Crippen LogP contribution in [0.5, 0.6) is 0 Å². The third-order valence-electron chi connectivity index (χ3n) is 0.501. The molecule has 0 aliphatic rings. The zero-order valence-electron chi connectivity index (χ0n) is 6.82. The van der Waals surface area contributed by atoms with Crippen molar-refractivity contribution >= 4 is 5.97 Å². The largest absolute Gasteiger partial charge is 1.00 e. The quantitative estimate of drug-likeness (QED) is 0.164. The van der Waals surface area contributed by atoms with Crippen molar-refractivity contribution in [2.45, 2.75) is 26.4 Å². The van der Waals surface area contributed by atoms with Crippen molar-refractivity contribution in [3.8, 4) is 5.92 Å². The third-order valence-corrected chi connectivity index (χ3v) is 0.501. The Morgan fingerprint density at radius 1 is 1.50 bits per heavy atom. The van der Waals surface area contributed by atoms with Crippen molar-refractivity contribution in [2.24, 2.45) is 0 Å². The normalized spacial score (nSPS) is 9.00. The zero-order valence-corrected chi connectivity index (χ0v) is 6.82. The summed E-state index contributed by atoms with van der Waals surface area (Å²) in [6, 6.07) is 0. The number of carbonyl (C=O) groups is 1. The van der Waals surface area contributed by atoms with E-state index in [1.807, 2.05) is 0 Å². The summed E-state index contributed by atoms with van der Waals surface area (Å²) in [7, 11) is 0. The minimum Gasteiger partial charge on any atom is -0.537 e. The fourth-order valence-corrected chi connectivity index (χ4v) is 0.304. The van der Waals surface area contributed by atoms with E-state index in [1.165, 1.54) is 0 Å². The van der Waals surface area contributed by atoms with Gasteiger partial charge in [0.1, 0.15) is 0 Å². The molecule has 0 aromatic heterocycles. The molecule has 0 heterocycles. The van der Waals surface area contributed by atoms with Crippen LogP contribution in [0, 0.1) is 12.3 Å². The van der Waals surface area contributed by atoms with E-state index in [0.29, 0.717) is 0 Å². The van der Waals surface area contributed by atoms with E-state index in [4.69, 9.17) is 6.42 Å². The van der Waals surface area contributed by atoms with Crippen molar-refractivity contribution in [2.75, 3.05) is 0 Å². The average Bonchev–Trinajstić information content (AvgIpc) is 1.62. The Kier molecular flexibility index (Phi) is 5.47. The fraction of sp³-hybridized carbons (Fsp3) is 0.571. The van der Waals surface area contributed by atoms with Gasteiger partial charge in [0.05, 0.1) is 5.60 Å². The molecule has 2 nitrogen and oxygen atoms in total. The molecule has 0 aliphatic carbocycles. The molecule has 0 bridgehead atoms. The first kappa shape index (κ1) is 12.3. The minimum absolute atomic E-state index is 0. The standard InChI is InChI=1S/C7H9O2.Li/c1-5-6(8)9-7(2,3)4;/h2-4H3;/q-1;+1. The first-order valence-corrected chi connectivity index (χ1v) is 2.61. The molecule has 0 radical (unpaired) electrons. The molecule has 0 atom stereocenters. The second-order valence-corrected chi connectivity index (χ2v) is 2.63. The predicted molar refractivity (Wildman–Crippen MR) is 33.0 cm³/mol. The third kappa shape index (κ3) is 7.63. The average molecular weight is 132 g/mol. The van der Waals surface area contributed by atoms with Crippen molar-refractivity contribution in [1.29, 1.82) is 0 Å². The number of hydrogen-bond donors (Lipinski definition) is 0. The topological polar surface area (TPSA) is 26.3 Å². The summed E-state index contributed by atoms with van der Waals surface area (Å²) < 4.78 is 4.65. The molecule has 3 heteroatoms. The van der Waals surface area contributed by atoms with Crippen molar-refractivity contribution in [3.05, 3.63) is 6.42 Å². The van der Waals surface area contributed by atoms with Gasteiger partial charge < -0.3 is 16.0 Å². The van der Waals surface area contributed by atoms with Gasteiger partial charge in [-0.2, -0.15) is 0 Å². The Bertz CT molecular complexity index is 150. The molecule has 0 unspecified atom stereocenters. The van der Waals surface area contributed by atoms with Gasteiger partial charge in [0, 0.05) is 0 Å². The molecular weight excluding hydrogens is 123 g/mol. The van der Waals surface area contributed by atoms with Crippen LogP contribution < -0.4 is 18.9 Å². The van der Waals surface area contributed by atoms with Gasteiger partial charge in [0.25, 0.3) is 0 Å². The summed E-state index contributed by atoms with van der Waals surface area (Å²) in [6.45, 7) is 5.22. The van der Waals surface area contributed by atoms with Gasteiger partial charge in [-0.3, -0.25) is 0 Å². The summed E-state index contributed by atoms with van der Waals surface area (Å²) >= 11 is 0. The van der Waals surface area contributed by atoms with Gasteiger partial charge in [-0.25, -0.2) is 5.92 Å². The molecule has 0 saturated carbocycles. The molecule has 0 N–H and O–H groups in total. The molecule has 0 aromatic carbocycles. The molecule has 10 heavy (non-hydrogen) atoms. The Morgan fingerprint density at radius 2 is 1.90 bits per heavy atom. The van der Waals surface area contributed by atoms with Gasteiger partial charge in [-0.15, -0.1) is 0 Å². The molecule has 50 valence electrons. The number of ether oxygens (including phenoxy) is 1. The van der Waals surface area contributed by atoms with E-state index in [1.54, 1.807) is 26.7 Å². The smallest absolute Gasteiger partial charge is 0.537 e. The Labute approximate surface area is 73.5 Å². The maximum absolute atomic E-state index is 10.3. The number of carbonyl (C=O) groups excluding carboxylic acids is 1. The minimum atomic E-state index is -0.720. The van der Waals surface area contributed by atoms with Gasteiger partial charge in [0.2, 0.25) is 5.97 Å². The van der Waals surface area contributed by atoms with E-state index < -0.39 is 11.6 Å². The maximum Gasteiger partial charge on any atom is 1.00 e. The Hall–Kier alpha value is -0.373. The number of hydrogen-bond acceptors (Lipinski definition) is 2. The van der Waals surface area contributed by atoms with Crippen molar-refractivity contribution < 1.29 is 28.4 Å². The second kappa shape index (κ2) is 4.44. The summed E-state index contributed by atoms with van der Waals surface area (Å²) in [5.41, 5.74) is -0.509. The molecule has 0 saturated heterocycles. The van der Waals surface area contributed by atoms with Crippen molar-refractivity contribution in [3.63, 3.8) is 0 Å². The van der Waals surface area contributed by atoms with Crippen LogP contribution in [0.1, 0.15) is 20.8 Å². The van der Waals surface area contributed by atoms with E-state index in [2.05, 4.69) is 4.74 Å². The predicted octanol–water partition coefficient (Wildman–Crippen LogP) is -2.08. The van der Waals surface area contributed by atoms with E-state index >= 15 is 0 Å². The Balaban J connectivity index is 0. The first-order valence-electron chi connectivity index (χ1n) is 2.61. The van der Waals surface area contributed by atoms with Crippen LogP contribution in [-0.4, -0.2) is 11.6 Å². The monoisotopic (exact) mass is 132 g/mol. The van der Waals surface area contributed by atoms with Gasteiger partial charge in [-0.1, -0.05) is 0 Å². The molecule has 0 amide bonds.